The number of ether oxygens (including phenoxy) is 3. The number of rotatable bonds is 8. The van der Waals surface area contributed by atoms with Gasteiger partial charge in [0.25, 0.3) is 0 Å². The summed E-state index contributed by atoms with van der Waals surface area (Å²) >= 11 is 1.03. The van der Waals surface area contributed by atoms with Crippen molar-refractivity contribution in [1.29, 1.82) is 0 Å². The number of hydrogen-bond donors (Lipinski definition) is 1. The molecule has 2 aromatic heterocycles. The number of hydrogen-bond acceptors (Lipinski definition) is 8. The van der Waals surface area contributed by atoms with Crippen LogP contribution in [0, 0.1) is 0 Å². The van der Waals surface area contributed by atoms with Crippen molar-refractivity contribution in [2.75, 3.05) is 26.6 Å². The standard InChI is InChI=1S/C25H22N4O5S/c1-32-19-11-9-16(13-20(19)33-2)23-17(15-29(28-23)18-7-5-4-6-8-18)10-12-22(30)27-25-26-14-21(35-25)24(31)34-3/h4-15H,1-3H3,(H,26,27,30). The van der Waals surface area contributed by atoms with Crippen molar-refractivity contribution in [2.45, 2.75) is 0 Å². The highest BCUT2D eigenvalue weighted by Crippen LogP contribution is 2.33. The van der Waals surface area contributed by atoms with Crippen molar-refractivity contribution >= 4 is 34.4 Å². The molecule has 0 bridgehead atoms. The van der Waals surface area contributed by atoms with E-state index < -0.39 is 11.9 Å². The molecule has 0 aliphatic carbocycles. The van der Waals surface area contributed by atoms with Gasteiger partial charge in [0.15, 0.2) is 16.6 Å². The molecule has 4 rings (SSSR count). The van der Waals surface area contributed by atoms with Gasteiger partial charge in [-0.3, -0.25) is 10.1 Å². The monoisotopic (exact) mass is 490 g/mol. The molecule has 1 amide bonds. The number of carbonyl (C=O) groups is 2. The number of amides is 1. The lowest BCUT2D eigenvalue weighted by Gasteiger charge is -2.09. The highest BCUT2D eigenvalue weighted by Gasteiger charge is 2.15. The summed E-state index contributed by atoms with van der Waals surface area (Å²) < 4.78 is 17.2. The zero-order chi connectivity index (χ0) is 24.8. The molecule has 0 aliphatic heterocycles. The minimum atomic E-state index is -0.508. The van der Waals surface area contributed by atoms with Gasteiger partial charge in [0.05, 0.1) is 33.2 Å². The Balaban J connectivity index is 1.65. The van der Waals surface area contributed by atoms with Gasteiger partial charge >= 0.3 is 5.97 Å². The predicted octanol–water partition coefficient (Wildman–Crippen LogP) is 4.45. The molecule has 178 valence electrons. The van der Waals surface area contributed by atoms with Gasteiger partial charge in [0.2, 0.25) is 5.91 Å². The highest BCUT2D eigenvalue weighted by molar-refractivity contribution is 7.17. The van der Waals surface area contributed by atoms with E-state index >= 15 is 0 Å². The molecule has 0 atom stereocenters. The van der Waals surface area contributed by atoms with Crippen LogP contribution in [-0.4, -0.2) is 48.0 Å². The first-order valence-corrected chi connectivity index (χ1v) is 11.2. The molecule has 2 heterocycles. The van der Waals surface area contributed by atoms with E-state index in [2.05, 4.69) is 15.0 Å². The fourth-order valence-electron chi connectivity index (χ4n) is 3.27. The maximum Gasteiger partial charge on any atom is 0.349 e. The normalized spacial score (nSPS) is 10.8. The van der Waals surface area contributed by atoms with Crippen LogP contribution < -0.4 is 14.8 Å². The molecule has 9 nitrogen and oxygen atoms in total. The van der Waals surface area contributed by atoms with Crippen molar-refractivity contribution < 1.29 is 23.8 Å². The van der Waals surface area contributed by atoms with Gasteiger partial charge in [-0.05, 0) is 36.4 Å². The van der Waals surface area contributed by atoms with Gasteiger partial charge < -0.3 is 14.2 Å². The molecule has 35 heavy (non-hydrogen) atoms. The van der Waals surface area contributed by atoms with Crippen molar-refractivity contribution in [3.05, 3.63) is 77.4 Å². The quantitative estimate of drug-likeness (QED) is 0.287. The van der Waals surface area contributed by atoms with Crippen LogP contribution in [-0.2, 0) is 9.53 Å². The van der Waals surface area contributed by atoms with Gasteiger partial charge in [-0.1, -0.05) is 29.5 Å². The molecule has 0 radical (unpaired) electrons. The van der Waals surface area contributed by atoms with Gasteiger partial charge in [-0.2, -0.15) is 5.10 Å². The summed E-state index contributed by atoms with van der Waals surface area (Å²) in [5.41, 5.74) is 3.03. The number of para-hydroxylation sites is 1. The molecular weight excluding hydrogens is 468 g/mol. The Labute approximate surface area is 205 Å². The number of anilines is 1. The Morgan fingerprint density at radius 1 is 1.03 bits per heavy atom. The summed E-state index contributed by atoms with van der Waals surface area (Å²) in [6, 6.07) is 15.2. The number of carbonyl (C=O) groups excluding carboxylic acids is 2. The molecule has 0 spiro atoms. The molecular formula is C25H22N4O5S. The van der Waals surface area contributed by atoms with Crippen LogP contribution in [0.3, 0.4) is 0 Å². The van der Waals surface area contributed by atoms with E-state index in [1.807, 2.05) is 48.7 Å². The Morgan fingerprint density at radius 2 is 1.80 bits per heavy atom. The molecule has 0 fully saturated rings. The van der Waals surface area contributed by atoms with Crippen molar-refractivity contribution in [3.8, 4) is 28.4 Å². The zero-order valence-electron chi connectivity index (χ0n) is 19.2. The van der Waals surface area contributed by atoms with E-state index in [9.17, 15) is 9.59 Å². The minimum Gasteiger partial charge on any atom is -0.493 e. The first-order valence-electron chi connectivity index (χ1n) is 10.4. The average Bonchev–Trinajstić information content (AvgIpc) is 3.54. The van der Waals surface area contributed by atoms with E-state index in [1.54, 1.807) is 31.0 Å². The van der Waals surface area contributed by atoms with E-state index in [0.717, 1.165) is 22.6 Å². The van der Waals surface area contributed by atoms with E-state index in [1.165, 1.54) is 19.4 Å². The molecule has 0 saturated heterocycles. The topological polar surface area (TPSA) is 105 Å². The number of nitrogens with zero attached hydrogens (tertiary/aromatic N) is 3. The Hall–Kier alpha value is -4.44. The van der Waals surface area contributed by atoms with E-state index in [-0.39, 0.29) is 0 Å². The first-order chi connectivity index (χ1) is 17.0. The number of esters is 1. The zero-order valence-corrected chi connectivity index (χ0v) is 20.0. The van der Waals surface area contributed by atoms with Crippen molar-refractivity contribution in [1.82, 2.24) is 14.8 Å². The van der Waals surface area contributed by atoms with Crippen LogP contribution in [0.1, 0.15) is 15.2 Å². The van der Waals surface area contributed by atoms with Gasteiger partial charge in [-0.25, -0.2) is 14.5 Å². The third kappa shape index (κ3) is 5.39. The largest absolute Gasteiger partial charge is 0.493 e. The number of nitrogens with one attached hydrogen (secondary N) is 1. The van der Waals surface area contributed by atoms with Crippen LogP contribution in [0.2, 0.25) is 0 Å². The fourth-order valence-corrected chi connectivity index (χ4v) is 4.01. The van der Waals surface area contributed by atoms with Crippen LogP contribution in [0.15, 0.2) is 67.0 Å². The third-order valence-corrected chi connectivity index (χ3v) is 5.85. The smallest absolute Gasteiger partial charge is 0.349 e. The summed E-state index contributed by atoms with van der Waals surface area (Å²) in [5, 5.41) is 7.70. The SMILES string of the molecule is COC(=O)c1cnc(NC(=O)C=Cc2cn(-c3ccccc3)nc2-c2ccc(OC)c(OC)c2)s1. The predicted molar refractivity (Wildman–Crippen MR) is 133 cm³/mol. The third-order valence-electron chi connectivity index (χ3n) is 4.96. The Morgan fingerprint density at radius 3 is 2.51 bits per heavy atom. The lowest BCUT2D eigenvalue weighted by atomic mass is 10.1. The maximum absolute atomic E-state index is 12.5. The minimum absolute atomic E-state index is 0.292. The lowest BCUT2D eigenvalue weighted by molar-refractivity contribution is -0.111. The number of benzene rings is 2. The number of thiazole rings is 1. The second-order valence-electron chi connectivity index (χ2n) is 7.13. The van der Waals surface area contributed by atoms with Crippen LogP contribution in [0.4, 0.5) is 5.13 Å². The fraction of sp³-hybridized carbons (Fsp3) is 0.120. The van der Waals surface area contributed by atoms with Crippen LogP contribution >= 0.6 is 11.3 Å². The summed E-state index contributed by atoms with van der Waals surface area (Å²) in [4.78, 5) is 28.5. The number of aromatic nitrogens is 3. The van der Waals surface area contributed by atoms with Gasteiger partial charge in [0.1, 0.15) is 10.6 Å². The molecule has 4 aromatic rings. The molecule has 10 heteroatoms. The Kier molecular flexibility index (Phi) is 7.22. The first kappa shape index (κ1) is 23.7. The maximum atomic E-state index is 12.5. The van der Waals surface area contributed by atoms with Crippen LogP contribution in [0.5, 0.6) is 11.5 Å². The second-order valence-corrected chi connectivity index (χ2v) is 8.16. The molecule has 0 saturated carbocycles. The van der Waals surface area contributed by atoms with Crippen molar-refractivity contribution in [3.63, 3.8) is 0 Å². The number of methoxy groups -OCH3 is 3. The summed E-state index contributed by atoms with van der Waals surface area (Å²) in [6.45, 7) is 0. The van der Waals surface area contributed by atoms with E-state index in [0.29, 0.717) is 32.8 Å². The molecule has 2 aromatic carbocycles. The lowest BCUT2D eigenvalue weighted by Crippen LogP contribution is -2.07. The highest BCUT2D eigenvalue weighted by atomic mass is 32.1. The summed E-state index contributed by atoms with van der Waals surface area (Å²) in [5.74, 6) is 0.259. The second kappa shape index (κ2) is 10.7. The summed E-state index contributed by atoms with van der Waals surface area (Å²) in [6.07, 6.45) is 6.25. The van der Waals surface area contributed by atoms with Crippen molar-refractivity contribution in [2.24, 2.45) is 0 Å². The Bertz CT molecular complexity index is 1380. The molecule has 1 N–H and O–H groups in total. The summed E-state index contributed by atoms with van der Waals surface area (Å²) in [7, 11) is 4.43. The molecule has 0 aliphatic rings. The van der Waals surface area contributed by atoms with Gasteiger partial charge in [0, 0.05) is 23.4 Å². The molecule has 0 unspecified atom stereocenters. The van der Waals surface area contributed by atoms with Gasteiger partial charge in [-0.15, -0.1) is 0 Å². The van der Waals surface area contributed by atoms with E-state index in [4.69, 9.17) is 14.6 Å². The van der Waals surface area contributed by atoms with Crippen LogP contribution in [0.25, 0.3) is 23.0 Å². The average molecular weight is 491 g/mol.